The Kier molecular flexibility index (Phi) is 7.85. The zero-order valence-electron chi connectivity index (χ0n) is 16.6. The molecule has 1 amide bonds. The van der Waals surface area contributed by atoms with Crippen molar-refractivity contribution < 1.29 is 22.8 Å². The van der Waals surface area contributed by atoms with E-state index in [1.54, 1.807) is 11.8 Å². The molecule has 0 saturated carbocycles. The third-order valence-corrected chi connectivity index (χ3v) is 5.49. The number of rotatable bonds is 7. The highest BCUT2D eigenvalue weighted by Crippen LogP contribution is 2.28. The number of aromatic nitrogens is 2. The first-order valence-electron chi connectivity index (χ1n) is 9.62. The molecule has 1 aromatic heterocycles. The summed E-state index contributed by atoms with van der Waals surface area (Å²) in [6.07, 6.45) is -3.38. The van der Waals surface area contributed by atoms with Gasteiger partial charge in [-0.2, -0.15) is 13.2 Å². The number of carbonyl (C=O) groups is 2. The molecule has 2 rings (SSSR count). The zero-order valence-corrected chi connectivity index (χ0v) is 17.3. The minimum atomic E-state index is -4.53. The summed E-state index contributed by atoms with van der Waals surface area (Å²) in [4.78, 5) is 33.8. The van der Waals surface area contributed by atoms with Crippen molar-refractivity contribution in [3.05, 3.63) is 16.5 Å². The molecule has 2 N–H and O–H groups in total. The molecule has 0 aromatic carbocycles. The van der Waals surface area contributed by atoms with Crippen LogP contribution in [0.4, 0.5) is 19.0 Å². The van der Waals surface area contributed by atoms with Crippen molar-refractivity contribution in [3.63, 3.8) is 0 Å². The van der Waals surface area contributed by atoms with Gasteiger partial charge in [0.25, 0.3) is 0 Å². The van der Waals surface area contributed by atoms with Crippen molar-refractivity contribution in [2.75, 3.05) is 18.8 Å². The summed E-state index contributed by atoms with van der Waals surface area (Å²) < 4.78 is 36.8. The Hall–Kier alpha value is -1.90. The van der Waals surface area contributed by atoms with Gasteiger partial charge in [0.15, 0.2) is 0 Å². The molecule has 0 spiro atoms. The topological polar surface area (TPSA) is 89.2 Å². The largest absolute Gasteiger partial charge is 0.395 e. The van der Waals surface area contributed by atoms with Gasteiger partial charge in [0.05, 0.1) is 0 Å². The van der Waals surface area contributed by atoms with Gasteiger partial charge in [-0.25, -0.2) is 9.97 Å². The molecule has 0 bridgehead atoms. The van der Waals surface area contributed by atoms with Crippen molar-refractivity contribution in [1.29, 1.82) is 0 Å². The number of likely N-dealkylation sites (tertiary alicyclic amines) is 1. The second-order valence-electron chi connectivity index (χ2n) is 7.67. The summed E-state index contributed by atoms with van der Waals surface area (Å²) in [5, 5.41) is 0.361. The molecule has 1 aliphatic rings. The Morgan fingerprint density at radius 2 is 1.90 bits per heavy atom. The molecule has 1 aliphatic heterocycles. The molecule has 1 fully saturated rings. The van der Waals surface area contributed by atoms with Crippen LogP contribution in [0.5, 0.6) is 0 Å². The number of carbonyl (C=O) groups excluding carboxylic acids is 2. The number of ketones is 1. The molecule has 10 heteroatoms. The van der Waals surface area contributed by atoms with E-state index in [1.165, 1.54) is 6.92 Å². The lowest BCUT2D eigenvalue weighted by Crippen LogP contribution is -2.41. The first kappa shape index (κ1) is 23.4. The predicted octanol–water partition coefficient (Wildman–Crippen LogP) is 3.74. The Balaban J connectivity index is 1.80. The summed E-state index contributed by atoms with van der Waals surface area (Å²) in [6.45, 7) is 4.27. The number of Topliss-reactive ketones (excluding diaryl/α,β-unsaturated/α-hetero) is 1. The third kappa shape index (κ3) is 7.13. The van der Waals surface area contributed by atoms with Crippen molar-refractivity contribution in [2.45, 2.75) is 58.5 Å². The van der Waals surface area contributed by atoms with Crippen LogP contribution in [0.2, 0.25) is 5.15 Å². The molecule has 29 heavy (non-hydrogen) atoms. The highest BCUT2D eigenvalue weighted by Gasteiger charge is 2.33. The molecule has 0 unspecified atom stereocenters. The predicted molar refractivity (Wildman–Crippen MR) is 103 cm³/mol. The van der Waals surface area contributed by atoms with Crippen LogP contribution >= 0.6 is 11.6 Å². The van der Waals surface area contributed by atoms with E-state index < -0.39 is 24.3 Å². The first-order chi connectivity index (χ1) is 13.5. The van der Waals surface area contributed by atoms with Gasteiger partial charge >= 0.3 is 6.18 Å². The van der Waals surface area contributed by atoms with Gasteiger partial charge in [0.1, 0.15) is 29.0 Å². The molecule has 1 aromatic rings. The van der Waals surface area contributed by atoms with Gasteiger partial charge in [-0.3, -0.25) is 9.59 Å². The number of aryl methyl sites for hydroxylation is 1. The molecular formula is C19H26ClF3N4O2. The number of hydrogen-bond donors (Lipinski definition) is 1. The van der Waals surface area contributed by atoms with Gasteiger partial charge in [-0.05, 0) is 38.5 Å². The molecule has 1 saturated heterocycles. The van der Waals surface area contributed by atoms with Gasteiger partial charge in [0, 0.05) is 31.0 Å². The van der Waals surface area contributed by atoms with Crippen molar-refractivity contribution in [1.82, 2.24) is 14.9 Å². The average molecular weight is 435 g/mol. The molecule has 2 heterocycles. The van der Waals surface area contributed by atoms with Gasteiger partial charge in [-0.1, -0.05) is 18.5 Å². The van der Waals surface area contributed by atoms with Crippen LogP contribution in [-0.2, 0) is 16.0 Å². The lowest BCUT2D eigenvalue weighted by atomic mass is 9.90. The number of nitrogens with zero attached hydrogens (tertiary/aromatic N) is 3. The van der Waals surface area contributed by atoms with E-state index in [4.69, 9.17) is 17.3 Å². The van der Waals surface area contributed by atoms with E-state index >= 15 is 0 Å². The highest BCUT2D eigenvalue weighted by atomic mass is 35.5. The summed E-state index contributed by atoms with van der Waals surface area (Å²) >= 11 is 6.15. The van der Waals surface area contributed by atoms with Crippen LogP contribution < -0.4 is 5.73 Å². The average Bonchev–Trinajstić information content (AvgIpc) is 2.59. The standard InChI is InChI=1S/C19H26ClF3N4O2/c1-11(9-14(28)10-19(21,22)23)18(29)27-7-5-13(6-8-27)3-4-15-16(20)25-12(2)26-17(15)24/h11,13H,3-10H2,1-2H3,(H2,24,25,26)/t11-/m1/s1. The van der Waals surface area contributed by atoms with Crippen LogP contribution in [0, 0.1) is 18.8 Å². The maximum atomic E-state index is 12.4. The lowest BCUT2D eigenvalue weighted by Gasteiger charge is -2.33. The molecule has 0 aliphatic carbocycles. The van der Waals surface area contributed by atoms with Crippen molar-refractivity contribution in [2.24, 2.45) is 11.8 Å². The normalized spacial score (nSPS) is 16.7. The van der Waals surface area contributed by atoms with Crippen LogP contribution in [0.3, 0.4) is 0 Å². The number of nitrogens with two attached hydrogens (primary N) is 1. The minimum Gasteiger partial charge on any atom is -0.383 e. The lowest BCUT2D eigenvalue weighted by molar-refractivity contribution is -0.154. The number of halogens is 4. The van der Waals surface area contributed by atoms with Gasteiger partial charge in [0.2, 0.25) is 5.91 Å². The molecular weight excluding hydrogens is 409 g/mol. The van der Waals surface area contributed by atoms with E-state index in [0.29, 0.717) is 42.2 Å². The number of piperidine rings is 1. The summed E-state index contributed by atoms with van der Waals surface area (Å²) in [5.41, 5.74) is 6.65. The van der Waals surface area contributed by atoms with Crippen molar-refractivity contribution in [3.8, 4) is 0 Å². The van der Waals surface area contributed by atoms with E-state index in [2.05, 4.69) is 9.97 Å². The van der Waals surface area contributed by atoms with E-state index in [9.17, 15) is 22.8 Å². The Morgan fingerprint density at radius 3 is 2.45 bits per heavy atom. The monoisotopic (exact) mass is 434 g/mol. The molecule has 162 valence electrons. The molecule has 0 radical (unpaired) electrons. The minimum absolute atomic E-state index is 0.266. The van der Waals surface area contributed by atoms with E-state index in [1.807, 2.05) is 0 Å². The smallest absolute Gasteiger partial charge is 0.383 e. The Bertz CT molecular complexity index is 726. The fourth-order valence-corrected chi connectivity index (χ4v) is 3.95. The van der Waals surface area contributed by atoms with Crippen LogP contribution in [0.25, 0.3) is 0 Å². The maximum Gasteiger partial charge on any atom is 0.395 e. The van der Waals surface area contributed by atoms with Crippen molar-refractivity contribution >= 4 is 29.1 Å². The number of anilines is 1. The third-order valence-electron chi connectivity index (χ3n) is 5.18. The van der Waals surface area contributed by atoms with Gasteiger partial charge in [-0.15, -0.1) is 0 Å². The number of nitrogen functional groups attached to an aromatic ring is 1. The summed E-state index contributed by atoms with van der Waals surface area (Å²) in [6, 6.07) is 0. The van der Waals surface area contributed by atoms with Crippen LogP contribution in [-0.4, -0.2) is 45.8 Å². The maximum absolute atomic E-state index is 12.4. The number of amides is 1. The van der Waals surface area contributed by atoms with Crippen LogP contribution in [0.15, 0.2) is 0 Å². The first-order valence-corrected chi connectivity index (χ1v) is 9.99. The fraction of sp³-hybridized carbons (Fsp3) is 0.684. The van der Waals surface area contributed by atoms with E-state index in [-0.39, 0.29) is 12.3 Å². The second-order valence-corrected chi connectivity index (χ2v) is 8.03. The molecule has 1 atom stereocenters. The van der Waals surface area contributed by atoms with E-state index in [0.717, 1.165) is 24.8 Å². The SMILES string of the molecule is Cc1nc(N)c(CCC2CCN(C(=O)[C@H](C)CC(=O)CC(F)(F)F)CC2)c(Cl)n1. The summed E-state index contributed by atoms with van der Waals surface area (Å²) in [5.74, 6) is -0.692. The summed E-state index contributed by atoms with van der Waals surface area (Å²) in [7, 11) is 0. The number of alkyl halides is 3. The molecule has 6 nitrogen and oxygen atoms in total. The Labute approximate surface area is 173 Å². The number of hydrogen-bond acceptors (Lipinski definition) is 5. The van der Waals surface area contributed by atoms with Crippen LogP contribution in [0.1, 0.15) is 50.4 Å². The highest BCUT2D eigenvalue weighted by molar-refractivity contribution is 6.30. The Morgan fingerprint density at radius 1 is 1.28 bits per heavy atom. The second kappa shape index (κ2) is 9.73. The quantitative estimate of drug-likeness (QED) is 0.660. The fourth-order valence-electron chi connectivity index (χ4n) is 3.64. The van der Waals surface area contributed by atoms with Gasteiger partial charge < -0.3 is 10.6 Å². The zero-order chi connectivity index (χ0) is 21.8.